The average Bonchev–Trinajstić information content (AvgIpc) is 2.16. The first-order valence-corrected chi connectivity index (χ1v) is 6.85. The van der Waals surface area contributed by atoms with Crippen molar-refractivity contribution < 1.29 is 0 Å². The predicted molar refractivity (Wildman–Crippen MR) is 73.8 cm³/mol. The Balaban J connectivity index is 2.44. The Morgan fingerprint density at radius 2 is 1.75 bits per heavy atom. The minimum Gasteiger partial charge on any atom is -0.324 e. The molecule has 1 aromatic rings. The summed E-state index contributed by atoms with van der Waals surface area (Å²) in [7, 11) is 0. The van der Waals surface area contributed by atoms with Crippen LogP contribution >= 0.6 is 11.8 Å². The fourth-order valence-corrected chi connectivity index (χ4v) is 2.62. The fourth-order valence-electron chi connectivity index (χ4n) is 1.34. The Kier molecular flexibility index (Phi) is 4.88. The lowest BCUT2D eigenvalue weighted by Crippen LogP contribution is -2.06. The van der Waals surface area contributed by atoms with Crippen LogP contribution in [0.15, 0.2) is 29.2 Å². The number of hydrogen-bond donors (Lipinski definition) is 1. The third-order valence-corrected chi connectivity index (χ3v) is 3.54. The van der Waals surface area contributed by atoms with E-state index in [2.05, 4.69) is 45.0 Å². The summed E-state index contributed by atoms with van der Waals surface area (Å²) < 4.78 is 0. The molecule has 0 spiro atoms. The third kappa shape index (κ3) is 5.04. The maximum atomic E-state index is 5.81. The summed E-state index contributed by atoms with van der Waals surface area (Å²) in [6, 6.07) is 8.74. The number of nitrogens with two attached hydrogens (primary N) is 1. The molecule has 1 aromatic carbocycles. The van der Waals surface area contributed by atoms with E-state index in [4.69, 9.17) is 5.73 Å². The molecule has 0 aliphatic rings. The van der Waals surface area contributed by atoms with Gasteiger partial charge >= 0.3 is 0 Å². The summed E-state index contributed by atoms with van der Waals surface area (Å²) in [6.07, 6.45) is 1.24. The molecular formula is C14H23NS. The molecule has 0 aliphatic carbocycles. The van der Waals surface area contributed by atoms with Crippen molar-refractivity contribution in [2.45, 2.75) is 45.1 Å². The molecule has 0 fully saturated rings. The van der Waals surface area contributed by atoms with Crippen molar-refractivity contribution >= 4 is 11.8 Å². The molecular weight excluding hydrogens is 214 g/mol. The van der Waals surface area contributed by atoms with Crippen LogP contribution in [0.3, 0.4) is 0 Å². The summed E-state index contributed by atoms with van der Waals surface area (Å²) in [6.45, 7) is 8.87. The summed E-state index contributed by atoms with van der Waals surface area (Å²) in [5.41, 5.74) is 7.45. The van der Waals surface area contributed by atoms with Gasteiger partial charge in [-0.25, -0.2) is 0 Å². The van der Waals surface area contributed by atoms with Crippen molar-refractivity contribution in [1.29, 1.82) is 0 Å². The lowest BCUT2D eigenvalue weighted by molar-refractivity contribution is 0.401. The zero-order valence-electron chi connectivity index (χ0n) is 10.8. The van der Waals surface area contributed by atoms with E-state index in [-0.39, 0.29) is 6.04 Å². The molecule has 16 heavy (non-hydrogen) atoms. The van der Waals surface area contributed by atoms with Crippen LogP contribution in [0, 0.1) is 5.41 Å². The Morgan fingerprint density at radius 1 is 1.19 bits per heavy atom. The van der Waals surface area contributed by atoms with Crippen LogP contribution in [-0.2, 0) is 0 Å². The molecule has 1 rings (SSSR count). The monoisotopic (exact) mass is 237 g/mol. The van der Waals surface area contributed by atoms with Gasteiger partial charge in [-0.05, 0) is 42.2 Å². The highest BCUT2D eigenvalue weighted by atomic mass is 32.2. The van der Waals surface area contributed by atoms with Crippen molar-refractivity contribution in [3.05, 3.63) is 29.8 Å². The highest BCUT2D eigenvalue weighted by Gasteiger charge is 2.09. The van der Waals surface area contributed by atoms with Crippen LogP contribution in [0.2, 0.25) is 0 Å². The van der Waals surface area contributed by atoms with E-state index >= 15 is 0 Å². The molecule has 0 amide bonds. The van der Waals surface area contributed by atoms with Gasteiger partial charge in [0.25, 0.3) is 0 Å². The van der Waals surface area contributed by atoms with Gasteiger partial charge in [-0.15, -0.1) is 11.8 Å². The third-order valence-electron chi connectivity index (χ3n) is 2.53. The Morgan fingerprint density at radius 3 is 2.19 bits per heavy atom. The molecule has 2 heteroatoms. The smallest absolute Gasteiger partial charge is 0.0266 e. The molecule has 2 N–H and O–H groups in total. The largest absolute Gasteiger partial charge is 0.324 e. The Hall–Kier alpha value is -0.470. The van der Waals surface area contributed by atoms with Crippen LogP contribution in [-0.4, -0.2) is 5.75 Å². The summed E-state index contributed by atoms with van der Waals surface area (Å²) >= 11 is 1.93. The minimum absolute atomic E-state index is 0.133. The molecule has 1 unspecified atom stereocenters. The molecule has 90 valence electrons. The maximum Gasteiger partial charge on any atom is 0.0266 e. The zero-order valence-corrected chi connectivity index (χ0v) is 11.6. The molecule has 0 saturated heterocycles. The molecule has 0 bridgehead atoms. The predicted octanol–water partition coefficient (Wildman–Crippen LogP) is 4.23. The SMILES string of the molecule is CC(N)c1ccc(SCCC(C)(C)C)cc1. The van der Waals surface area contributed by atoms with E-state index in [1.807, 2.05) is 18.7 Å². The van der Waals surface area contributed by atoms with Gasteiger partial charge in [-0.3, -0.25) is 0 Å². The van der Waals surface area contributed by atoms with Crippen molar-refractivity contribution in [3.63, 3.8) is 0 Å². The summed E-state index contributed by atoms with van der Waals surface area (Å²) in [4.78, 5) is 1.34. The normalized spacial score (nSPS) is 13.8. The number of rotatable bonds is 4. The molecule has 1 nitrogen and oxygen atoms in total. The van der Waals surface area contributed by atoms with E-state index < -0.39 is 0 Å². The van der Waals surface area contributed by atoms with Crippen molar-refractivity contribution in [3.8, 4) is 0 Å². The van der Waals surface area contributed by atoms with Crippen LogP contribution in [0.4, 0.5) is 0 Å². The molecule has 0 aliphatic heterocycles. The molecule has 0 radical (unpaired) electrons. The van der Waals surface area contributed by atoms with Crippen molar-refractivity contribution in [2.24, 2.45) is 11.1 Å². The number of benzene rings is 1. The molecule has 0 saturated carbocycles. The van der Waals surface area contributed by atoms with Gasteiger partial charge in [0.05, 0.1) is 0 Å². The molecule has 1 atom stereocenters. The lowest BCUT2D eigenvalue weighted by Gasteiger charge is -2.17. The summed E-state index contributed by atoms with van der Waals surface area (Å²) in [5.74, 6) is 1.18. The maximum absolute atomic E-state index is 5.81. The quantitative estimate of drug-likeness (QED) is 0.793. The first-order chi connectivity index (χ1) is 7.38. The van der Waals surface area contributed by atoms with E-state index in [1.54, 1.807) is 0 Å². The lowest BCUT2D eigenvalue weighted by atomic mass is 9.94. The van der Waals surface area contributed by atoms with Crippen LogP contribution in [0.25, 0.3) is 0 Å². The van der Waals surface area contributed by atoms with Crippen molar-refractivity contribution in [1.82, 2.24) is 0 Å². The summed E-state index contributed by atoms with van der Waals surface area (Å²) in [5, 5.41) is 0. The van der Waals surface area contributed by atoms with Crippen LogP contribution < -0.4 is 5.73 Å². The van der Waals surface area contributed by atoms with Gasteiger partial charge in [-0.1, -0.05) is 32.9 Å². The average molecular weight is 237 g/mol. The number of thioether (sulfide) groups is 1. The topological polar surface area (TPSA) is 26.0 Å². The van der Waals surface area contributed by atoms with E-state index in [0.717, 1.165) is 0 Å². The van der Waals surface area contributed by atoms with Crippen molar-refractivity contribution in [2.75, 3.05) is 5.75 Å². The standard InChI is InChI=1S/C14H23NS/c1-11(15)12-5-7-13(8-6-12)16-10-9-14(2,3)4/h5-8,11H,9-10,15H2,1-4H3. The second-order valence-corrected chi connectivity index (χ2v) is 6.69. The van der Waals surface area contributed by atoms with Gasteiger partial charge in [-0.2, -0.15) is 0 Å². The molecule has 0 heterocycles. The first kappa shape index (κ1) is 13.6. The second kappa shape index (κ2) is 5.74. The van der Waals surface area contributed by atoms with Gasteiger partial charge < -0.3 is 5.73 Å². The Bertz CT molecular complexity index is 309. The minimum atomic E-state index is 0.133. The van der Waals surface area contributed by atoms with Gasteiger partial charge in [0.2, 0.25) is 0 Å². The van der Waals surface area contributed by atoms with E-state index in [0.29, 0.717) is 5.41 Å². The highest BCUT2D eigenvalue weighted by Crippen LogP contribution is 2.26. The number of hydrogen-bond acceptors (Lipinski definition) is 2. The van der Waals surface area contributed by atoms with Crippen LogP contribution in [0.1, 0.15) is 45.7 Å². The first-order valence-electron chi connectivity index (χ1n) is 5.87. The molecule has 0 aromatic heterocycles. The zero-order chi connectivity index (χ0) is 12.2. The van der Waals surface area contributed by atoms with Gasteiger partial charge in [0.1, 0.15) is 0 Å². The van der Waals surface area contributed by atoms with Crippen LogP contribution in [0.5, 0.6) is 0 Å². The second-order valence-electron chi connectivity index (χ2n) is 5.52. The van der Waals surface area contributed by atoms with E-state index in [1.165, 1.54) is 22.6 Å². The fraction of sp³-hybridized carbons (Fsp3) is 0.571. The highest BCUT2D eigenvalue weighted by molar-refractivity contribution is 7.99. The van der Waals surface area contributed by atoms with Gasteiger partial charge in [0.15, 0.2) is 0 Å². The van der Waals surface area contributed by atoms with E-state index in [9.17, 15) is 0 Å². The Labute approximate surface area is 104 Å². The van der Waals surface area contributed by atoms with Gasteiger partial charge in [0, 0.05) is 10.9 Å².